The van der Waals surface area contributed by atoms with Gasteiger partial charge in [0.05, 0.1) is 11.4 Å². The molecule has 10 heteroatoms. The predicted octanol–water partition coefficient (Wildman–Crippen LogP) is 2.36. The molecule has 8 nitrogen and oxygen atoms in total. The molecular formula is C17H12N6O2S2. The first-order valence-electron chi connectivity index (χ1n) is 7.84. The van der Waals surface area contributed by atoms with Gasteiger partial charge in [-0.25, -0.2) is 19.9 Å². The predicted molar refractivity (Wildman–Crippen MR) is 104 cm³/mol. The number of nitrogens with zero attached hydrogens (tertiary/aromatic N) is 5. The third kappa shape index (κ3) is 3.71. The molecule has 4 rings (SSSR count). The summed E-state index contributed by atoms with van der Waals surface area (Å²) in [5.74, 6) is -0.159. The highest BCUT2D eigenvalue weighted by molar-refractivity contribution is 7.99. The number of carbonyl (C=O) groups is 1. The maximum absolute atomic E-state index is 12.9. The number of thiazole rings is 1. The number of rotatable bonds is 5. The number of benzene rings is 1. The Balaban J connectivity index is 1.70. The van der Waals surface area contributed by atoms with Crippen LogP contribution in [0, 0.1) is 0 Å². The molecule has 27 heavy (non-hydrogen) atoms. The summed E-state index contributed by atoms with van der Waals surface area (Å²) in [6, 6.07) is 9.10. The topological polar surface area (TPSA) is 103 Å². The fraction of sp³-hybridized carbons (Fsp3) is 0.0588. The van der Waals surface area contributed by atoms with E-state index >= 15 is 0 Å². The first-order chi connectivity index (χ1) is 13.2. The zero-order valence-corrected chi connectivity index (χ0v) is 15.4. The zero-order chi connectivity index (χ0) is 18.6. The molecule has 0 aliphatic carbocycles. The molecule has 0 bridgehead atoms. The number of carbonyl (C=O) groups excluding carboxylic acids is 1. The Morgan fingerprint density at radius 1 is 1.11 bits per heavy atom. The highest BCUT2D eigenvalue weighted by Gasteiger charge is 2.16. The van der Waals surface area contributed by atoms with Crippen molar-refractivity contribution in [3.8, 4) is 5.69 Å². The van der Waals surface area contributed by atoms with Crippen LogP contribution in [-0.2, 0) is 4.79 Å². The quantitative estimate of drug-likeness (QED) is 0.408. The Bertz CT molecular complexity index is 1150. The molecule has 0 aliphatic heterocycles. The van der Waals surface area contributed by atoms with Gasteiger partial charge in [-0.15, -0.1) is 11.3 Å². The van der Waals surface area contributed by atoms with E-state index in [0.29, 0.717) is 16.0 Å². The van der Waals surface area contributed by atoms with E-state index in [0.717, 1.165) is 11.8 Å². The van der Waals surface area contributed by atoms with Gasteiger partial charge < -0.3 is 5.32 Å². The summed E-state index contributed by atoms with van der Waals surface area (Å²) >= 11 is 2.49. The molecule has 134 valence electrons. The molecule has 4 aromatic rings. The van der Waals surface area contributed by atoms with Gasteiger partial charge >= 0.3 is 0 Å². The number of hydrogen-bond donors (Lipinski definition) is 1. The summed E-state index contributed by atoms with van der Waals surface area (Å²) < 4.78 is 1.44. The molecule has 0 spiro atoms. The molecule has 0 fully saturated rings. The van der Waals surface area contributed by atoms with E-state index in [9.17, 15) is 9.59 Å². The number of thioether (sulfide) groups is 1. The largest absolute Gasteiger partial charge is 0.301 e. The first-order valence-corrected chi connectivity index (χ1v) is 9.70. The van der Waals surface area contributed by atoms with Gasteiger partial charge in [0.15, 0.2) is 21.5 Å². The molecular weight excluding hydrogens is 384 g/mol. The minimum absolute atomic E-state index is 0.0740. The molecule has 0 unspecified atom stereocenters. The number of nitrogens with one attached hydrogen (secondary N) is 1. The van der Waals surface area contributed by atoms with Crippen LogP contribution in [0.2, 0.25) is 0 Å². The second-order valence-electron chi connectivity index (χ2n) is 5.27. The SMILES string of the molecule is O=C(CSc1nc2nccnc2c(=O)n1-c1ccccc1)Nc1nccs1. The third-order valence-corrected chi connectivity index (χ3v) is 5.13. The summed E-state index contributed by atoms with van der Waals surface area (Å²) in [6.07, 6.45) is 4.55. The van der Waals surface area contributed by atoms with Gasteiger partial charge in [-0.05, 0) is 12.1 Å². The Hall–Kier alpha value is -3.11. The van der Waals surface area contributed by atoms with Crippen LogP contribution in [0.5, 0.6) is 0 Å². The van der Waals surface area contributed by atoms with Crippen LogP contribution >= 0.6 is 23.1 Å². The van der Waals surface area contributed by atoms with Crippen molar-refractivity contribution in [2.24, 2.45) is 0 Å². The Morgan fingerprint density at radius 2 is 1.93 bits per heavy atom. The van der Waals surface area contributed by atoms with Gasteiger partial charge in [-0.1, -0.05) is 30.0 Å². The Morgan fingerprint density at radius 3 is 2.70 bits per heavy atom. The molecule has 0 saturated heterocycles. The third-order valence-electron chi connectivity index (χ3n) is 3.50. The number of para-hydroxylation sites is 1. The molecule has 3 aromatic heterocycles. The molecule has 1 aromatic carbocycles. The van der Waals surface area contributed by atoms with E-state index in [1.807, 2.05) is 18.2 Å². The van der Waals surface area contributed by atoms with Crippen LogP contribution < -0.4 is 10.9 Å². The van der Waals surface area contributed by atoms with Crippen molar-refractivity contribution >= 4 is 45.3 Å². The van der Waals surface area contributed by atoms with Crippen molar-refractivity contribution in [2.45, 2.75) is 5.16 Å². The normalized spacial score (nSPS) is 10.8. The summed E-state index contributed by atoms with van der Waals surface area (Å²) in [5.41, 5.74) is 0.739. The van der Waals surface area contributed by atoms with E-state index in [4.69, 9.17) is 0 Å². The van der Waals surface area contributed by atoms with Crippen molar-refractivity contribution in [3.63, 3.8) is 0 Å². The lowest BCUT2D eigenvalue weighted by Gasteiger charge is -2.12. The number of hydrogen-bond acceptors (Lipinski definition) is 8. The van der Waals surface area contributed by atoms with Gasteiger partial charge in [0.1, 0.15) is 0 Å². The summed E-state index contributed by atoms with van der Waals surface area (Å²) in [6.45, 7) is 0. The number of amides is 1. The smallest absolute Gasteiger partial charge is 0.286 e. The lowest BCUT2D eigenvalue weighted by molar-refractivity contribution is -0.113. The van der Waals surface area contributed by atoms with Crippen molar-refractivity contribution in [3.05, 3.63) is 64.7 Å². The number of anilines is 1. The Kier molecular flexibility index (Phi) is 4.90. The summed E-state index contributed by atoms with van der Waals surface area (Å²) in [7, 11) is 0. The van der Waals surface area contributed by atoms with Crippen LogP contribution in [0.25, 0.3) is 16.9 Å². The maximum Gasteiger partial charge on any atom is 0.286 e. The average molecular weight is 396 g/mol. The number of fused-ring (bicyclic) bond motifs is 1. The fourth-order valence-electron chi connectivity index (χ4n) is 2.37. The fourth-order valence-corrected chi connectivity index (χ4v) is 3.71. The molecule has 1 N–H and O–H groups in total. The van der Waals surface area contributed by atoms with Crippen LogP contribution in [-0.4, -0.2) is 36.2 Å². The van der Waals surface area contributed by atoms with E-state index in [1.54, 1.807) is 23.7 Å². The second kappa shape index (κ2) is 7.64. The van der Waals surface area contributed by atoms with E-state index in [1.165, 1.54) is 28.3 Å². The lowest BCUT2D eigenvalue weighted by atomic mass is 10.3. The van der Waals surface area contributed by atoms with Crippen LogP contribution in [0.3, 0.4) is 0 Å². The van der Waals surface area contributed by atoms with E-state index < -0.39 is 0 Å². The molecule has 0 atom stereocenters. The van der Waals surface area contributed by atoms with Crippen molar-refractivity contribution < 1.29 is 4.79 Å². The van der Waals surface area contributed by atoms with Crippen LogP contribution in [0.1, 0.15) is 0 Å². The highest BCUT2D eigenvalue weighted by atomic mass is 32.2. The van der Waals surface area contributed by atoms with Gasteiger partial charge in [0.25, 0.3) is 5.56 Å². The maximum atomic E-state index is 12.9. The van der Waals surface area contributed by atoms with Gasteiger partial charge in [0.2, 0.25) is 5.91 Å². The zero-order valence-electron chi connectivity index (χ0n) is 13.8. The first kappa shape index (κ1) is 17.3. The minimum Gasteiger partial charge on any atom is -0.301 e. The molecule has 0 aliphatic rings. The number of aromatic nitrogens is 5. The van der Waals surface area contributed by atoms with Crippen LogP contribution in [0.4, 0.5) is 5.13 Å². The minimum atomic E-state index is -0.331. The Labute approximate surface area is 161 Å². The molecule has 0 radical (unpaired) electrons. The van der Waals surface area contributed by atoms with E-state index in [-0.39, 0.29) is 28.4 Å². The van der Waals surface area contributed by atoms with E-state index in [2.05, 4.69) is 25.3 Å². The molecule has 0 saturated carbocycles. The lowest BCUT2D eigenvalue weighted by Crippen LogP contribution is -2.24. The van der Waals surface area contributed by atoms with Crippen molar-refractivity contribution in [1.29, 1.82) is 0 Å². The molecule has 3 heterocycles. The standard InChI is InChI=1S/C17H12N6O2S2/c24-12(21-16-20-8-9-26-16)10-27-17-22-14-13(18-6-7-19-14)15(25)23(17)11-4-2-1-3-5-11/h1-9H,10H2,(H,20,21,24). The summed E-state index contributed by atoms with van der Waals surface area (Å²) in [5, 5.41) is 5.38. The van der Waals surface area contributed by atoms with Gasteiger partial charge in [-0.3, -0.25) is 14.2 Å². The second-order valence-corrected chi connectivity index (χ2v) is 7.11. The highest BCUT2D eigenvalue weighted by Crippen LogP contribution is 2.20. The van der Waals surface area contributed by atoms with Gasteiger partial charge in [0, 0.05) is 24.0 Å². The average Bonchev–Trinajstić information content (AvgIpc) is 3.20. The summed E-state index contributed by atoms with van der Waals surface area (Å²) in [4.78, 5) is 41.8. The van der Waals surface area contributed by atoms with Crippen molar-refractivity contribution in [2.75, 3.05) is 11.1 Å². The monoisotopic (exact) mass is 396 g/mol. The van der Waals surface area contributed by atoms with Gasteiger partial charge in [-0.2, -0.15) is 0 Å². The van der Waals surface area contributed by atoms with Crippen LogP contribution in [0.15, 0.2) is 64.3 Å². The molecule has 1 amide bonds. The van der Waals surface area contributed by atoms with Crippen molar-refractivity contribution in [1.82, 2.24) is 24.5 Å².